The Morgan fingerprint density at radius 3 is 2.32 bits per heavy atom. The number of aryl methyl sites for hydroxylation is 4. The van der Waals surface area contributed by atoms with Crippen molar-refractivity contribution in [2.45, 2.75) is 60.4 Å². The minimum atomic E-state index is -0.449. The number of aromatic nitrogens is 2. The molecule has 3 aromatic carbocycles. The summed E-state index contributed by atoms with van der Waals surface area (Å²) in [5.41, 5.74) is 6.31. The van der Waals surface area contributed by atoms with Gasteiger partial charge in [0.05, 0.1) is 22.6 Å². The van der Waals surface area contributed by atoms with Gasteiger partial charge < -0.3 is 10.2 Å². The van der Waals surface area contributed by atoms with Crippen molar-refractivity contribution < 1.29 is 4.79 Å². The van der Waals surface area contributed by atoms with Gasteiger partial charge in [-0.1, -0.05) is 49.7 Å². The molecule has 192 valence electrons. The Morgan fingerprint density at radius 1 is 0.946 bits per heavy atom. The number of unbranched alkanes of at least 4 members (excludes halogenated alkanes) is 1. The quantitative estimate of drug-likeness (QED) is 0.299. The fourth-order valence-corrected chi connectivity index (χ4v) is 4.67. The first-order chi connectivity index (χ1) is 17.7. The highest BCUT2D eigenvalue weighted by Gasteiger charge is 2.27. The van der Waals surface area contributed by atoms with Crippen molar-refractivity contribution in [1.29, 1.82) is 0 Å². The van der Waals surface area contributed by atoms with Crippen LogP contribution in [0.3, 0.4) is 0 Å². The van der Waals surface area contributed by atoms with Crippen molar-refractivity contribution >= 4 is 22.6 Å². The Balaban J connectivity index is 1.86. The van der Waals surface area contributed by atoms with Gasteiger partial charge in [-0.3, -0.25) is 9.36 Å². The van der Waals surface area contributed by atoms with Crippen LogP contribution in [0, 0.1) is 27.7 Å². The summed E-state index contributed by atoms with van der Waals surface area (Å²) in [6, 6.07) is 18.7. The van der Waals surface area contributed by atoms with E-state index in [0.29, 0.717) is 23.3 Å². The number of hydrogen-bond donors (Lipinski definition) is 1. The van der Waals surface area contributed by atoms with Crippen molar-refractivity contribution in [2.24, 2.45) is 0 Å². The molecule has 6 heteroatoms. The molecule has 0 bridgehead atoms. The number of benzene rings is 3. The highest BCUT2D eigenvalue weighted by atomic mass is 16.2. The first-order valence-electron chi connectivity index (χ1n) is 13.0. The van der Waals surface area contributed by atoms with Crippen LogP contribution in [-0.2, 0) is 0 Å². The summed E-state index contributed by atoms with van der Waals surface area (Å²) in [5, 5.41) is 3.69. The fourth-order valence-electron chi connectivity index (χ4n) is 4.67. The van der Waals surface area contributed by atoms with Gasteiger partial charge in [-0.2, -0.15) is 0 Å². The van der Waals surface area contributed by atoms with Crippen LogP contribution < -0.4 is 10.9 Å². The molecule has 1 unspecified atom stereocenters. The molecule has 4 rings (SSSR count). The van der Waals surface area contributed by atoms with Crippen molar-refractivity contribution in [3.8, 4) is 5.69 Å². The van der Waals surface area contributed by atoms with E-state index in [1.54, 1.807) is 15.5 Å². The van der Waals surface area contributed by atoms with Crippen LogP contribution in [0.2, 0.25) is 0 Å². The summed E-state index contributed by atoms with van der Waals surface area (Å²) in [4.78, 5) is 34.3. The molecule has 1 atom stereocenters. The van der Waals surface area contributed by atoms with Gasteiger partial charge in [-0.15, -0.1) is 0 Å². The maximum Gasteiger partial charge on any atom is 0.322 e. The Kier molecular flexibility index (Phi) is 7.77. The zero-order valence-corrected chi connectivity index (χ0v) is 22.6. The Bertz CT molecular complexity index is 1490. The third kappa shape index (κ3) is 5.29. The van der Waals surface area contributed by atoms with E-state index in [4.69, 9.17) is 4.98 Å². The highest BCUT2D eigenvalue weighted by Crippen LogP contribution is 2.26. The monoisotopic (exact) mass is 496 g/mol. The molecule has 2 amide bonds. The van der Waals surface area contributed by atoms with Crippen molar-refractivity contribution in [2.75, 3.05) is 11.9 Å². The van der Waals surface area contributed by atoms with Gasteiger partial charge in [0.15, 0.2) is 0 Å². The maximum absolute atomic E-state index is 13.8. The largest absolute Gasteiger partial charge is 0.322 e. The second kappa shape index (κ2) is 11.0. The van der Waals surface area contributed by atoms with Gasteiger partial charge in [0.1, 0.15) is 5.82 Å². The number of carbonyl (C=O) groups excluding carboxylic acids is 1. The SMILES string of the molecule is CCCCN(C(=O)Nc1c(C)cccc1C)C(C)c1nc2ccccc2c(=O)n1-c1ccc(C)c(C)c1. The molecule has 0 fully saturated rings. The number of anilines is 1. The van der Waals surface area contributed by atoms with Crippen LogP contribution in [0.5, 0.6) is 0 Å². The minimum Gasteiger partial charge on any atom is -0.315 e. The molecule has 0 aliphatic heterocycles. The third-order valence-electron chi connectivity index (χ3n) is 7.12. The first-order valence-corrected chi connectivity index (χ1v) is 13.0. The number of rotatable bonds is 7. The lowest BCUT2D eigenvalue weighted by Crippen LogP contribution is -2.40. The van der Waals surface area contributed by atoms with Gasteiger partial charge in [0, 0.05) is 12.2 Å². The van der Waals surface area contributed by atoms with E-state index in [1.807, 2.05) is 82.3 Å². The number of fused-ring (bicyclic) bond motifs is 1. The maximum atomic E-state index is 13.8. The Labute approximate surface area is 219 Å². The normalized spacial score (nSPS) is 11.9. The van der Waals surface area contributed by atoms with E-state index < -0.39 is 6.04 Å². The number of amides is 2. The van der Waals surface area contributed by atoms with Crippen LogP contribution >= 0.6 is 0 Å². The molecule has 6 nitrogen and oxygen atoms in total. The summed E-state index contributed by atoms with van der Waals surface area (Å²) in [5.74, 6) is 0.541. The predicted octanol–water partition coefficient (Wildman–Crippen LogP) is 7.01. The van der Waals surface area contributed by atoms with Gasteiger partial charge in [0.2, 0.25) is 0 Å². The molecular formula is C31H36N4O2. The lowest BCUT2D eigenvalue weighted by atomic mass is 10.1. The summed E-state index contributed by atoms with van der Waals surface area (Å²) >= 11 is 0. The Morgan fingerprint density at radius 2 is 1.65 bits per heavy atom. The number of nitrogens with zero attached hydrogens (tertiary/aromatic N) is 3. The van der Waals surface area contributed by atoms with E-state index in [2.05, 4.69) is 19.2 Å². The van der Waals surface area contributed by atoms with Crippen molar-refractivity contribution in [3.63, 3.8) is 0 Å². The summed E-state index contributed by atoms with van der Waals surface area (Å²) in [6.45, 7) is 12.7. The summed E-state index contributed by atoms with van der Waals surface area (Å²) in [7, 11) is 0. The molecule has 1 aromatic heterocycles. The standard InChI is InChI=1S/C31H36N4O2/c1-7-8-18-34(31(37)33-28-21(3)12-11-13-22(28)4)24(6)29-32-27-15-10-9-14-26(27)30(36)35(29)25-17-16-20(2)23(5)19-25/h9-17,19,24H,7-8,18H2,1-6H3,(H,33,37). The molecule has 4 aromatic rings. The average molecular weight is 497 g/mol. The molecular weight excluding hydrogens is 460 g/mol. The molecule has 0 saturated heterocycles. The number of hydrogen-bond acceptors (Lipinski definition) is 3. The fraction of sp³-hybridized carbons (Fsp3) is 0.323. The van der Waals surface area contributed by atoms with Gasteiger partial charge in [-0.25, -0.2) is 9.78 Å². The van der Waals surface area contributed by atoms with Crippen LogP contribution in [-0.4, -0.2) is 27.0 Å². The molecule has 0 saturated carbocycles. The van der Waals surface area contributed by atoms with E-state index in [0.717, 1.165) is 46.5 Å². The smallest absolute Gasteiger partial charge is 0.315 e. The average Bonchev–Trinajstić information content (AvgIpc) is 2.88. The lowest BCUT2D eigenvalue weighted by molar-refractivity contribution is 0.188. The molecule has 0 aliphatic carbocycles. The summed E-state index contributed by atoms with van der Waals surface area (Å²) < 4.78 is 1.67. The van der Waals surface area contributed by atoms with Gasteiger partial charge in [0.25, 0.3) is 5.56 Å². The van der Waals surface area contributed by atoms with E-state index in [1.165, 1.54) is 0 Å². The topological polar surface area (TPSA) is 67.2 Å². The predicted molar refractivity (Wildman–Crippen MR) is 152 cm³/mol. The number of carbonyl (C=O) groups is 1. The first kappa shape index (κ1) is 26.1. The van der Waals surface area contributed by atoms with Crippen LogP contribution in [0.15, 0.2) is 65.5 Å². The zero-order valence-electron chi connectivity index (χ0n) is 22.6. The van der Waals surface area contributed by atoms with E-state index in [9.17, 15) is 9.59 Å². The molecule has 1 N–H and O–H groups in total. The number of urea groups is 1. The molecule has 1 heterocycles. The van der Waals surface area contributed by atoms with Gasteiger partial charge in [-0.05, 0) is 87.6 Å². The van der Waals surface area contributed by atoms with E-state index in [-0.39, 0.29) is 11.6 Å². The second-order valence-electron chi connectivity index (χ2n) is 9.82. The molecule has 0 spiro atoms. The van der Waals surface area contributed by atoms with Gasteiger partial charge >= 0.3 is 6.03 Å². The second-order valence-corrected chi connectivity index (χ2v) is 9.82. The van der Waals surface area contributed by atoms with E-state index >= 15 is 0 Å². The zero-order chi connectivity index (χ0) is 26.7. The van der Waals surface area contributed by atoms with Crippen molar-refractivity contribution in [1.82, 2.24) is 14.5 Å². The lowest BCUT2D eigenvalue weighted by Gasteiger charge is -2.31. The molecule has 37 heavy (non-hydrogen) atoms. The number of para-hydroxylation sites is 2. The minimum absolute atomic E-state index is 0.138. The highest BCUT2D eigenvalue weighted by molar-refractivity contribution is 5.91. The third-order valence-corrected chi connectivity index (χ3v) is 7.12. The van der Waals surface area contributed by atoms with Crippen LogP contribution in [0.25, 0.3) is 16.6 Å². The summed E-state index contributed by atoms with van der Waals surface area (Å²) in [6.07, 6.45) is 1.78. The number of nitrogens with one attached hydrogen (secondary N) is 1. The Hall–Kier alpha value is -3.93. The van der Waals surface area contributed by atoms with Crippen molar-refractivity contribution in [3.05, 3.63) is 99.1 Å². The molecule has 0 radical (unpaired) electrons. The van der Waals surface area contributed by atoms with Crippen LogP contribution in [0.1, 0.15) is 60.8 Å². The molecule has 0 aliphatic rings. The van der Waals surface area contributed by atoms with Crippen LogP contribution in [0.4, 0.5) is 10.5 Å².